The fourth-order valence-electron chi connectivity index (χ4n) is 4.62. The smallest absolute Gasteiger partial charge is 0.251 e. The normalized spacial score (nSPS) is 16.3. The Balaban J connectivity index is 1.39. The van der Waals surface area contributed by atoms with Crippen LogP contribution >= 0.6 is 23.1 Å². The van der Waals surface area contributed by atoms with E-state index in [1.165, 1.54) is 29.5 Å². The molecule has 178 valence electrons. The summed E-state index contributed by atoms with van der Waals surface area (Å²) in [5.41, 5.74) is 8.09. The summed E-state index contributed by atoms with van der Waals surface area (Å²) in [4.78, 5) is 28.6. The molecular formula is C24H28N6O2S2. The lowest BCUT2D eigenvalue weighted by Gasteiger charge is -2.28. The molecule has 1 atom stereocenters. The summed E-state index contributed by atoms with van der Waals surface area (Å²) in [6.07, 6.45) is 6.29. The van der Waals surface area contributed by atoms with E-state index >= 15 is 0 Å². The highest BCUT2D eigenvalue weighted by Gasteiger charge is 2.29. The lowest BCUT2D eigenvalue weighted by atomic mass is 10.1. The van der Waals surface area contributed by atoms with Crippen molar-refractivity contribution in [1.82, 2.24) is 14.8 Å². The third kappa shape index (κ3) is 4.44. The molecule has 1 saturated heterocycles. The topological polar surface area (TPSA) is 106 Å². The highest BCUT2D eigenvalue weighted by atomic mass is 32.2. The van der Waals surface area contributed by atoms with Gasteiger partial charge in [-0.15, -0.1) is 21.5 Å². The Labute approximate surface area is 206 Å². The van der Waals surface area contributed by atoms with Gasteiger partial charge in [0, 0.05) is 18.0 Å². The van der Waals surface area contributed by atoms with Crippen molar-refractivity contribution in [1.29, 1.82) is 0 Å². The number of primary amides is 1. The summed E-state index contributed by atoms with van der Waals surface area (Å²) in [6, 6.07) is 10.0. The molecular weight excluding hydrogens is 468 g/mol. The quantitative estimate of drug-likeness (QED) is 0.479. The van der Waals surface area contributed by atoms with Gasteiger partial charge in [0.25, 0.3) is 5.91 Å². The molecule has 0 bridgehead atoms. The van der Waals surface area contributed by atoms with Crippen LogP contribution in [0.5, 0.6) is 0 Å². The zero-order chi connectivity index (χ0) is 23.7. The standard InChI is InChI=1S/C24H28N6O2S2/c1-15(21(32)26-22-19(20(25)31)17-11-8-12-18(17)34-22)33-24-28-27-23(29-13-6-3-7-14-29)30(24)16-9-4-2-5-10-16/h2,4-5,9-10,15H,3,6-8,11-14H2,1H3,(H2,25,31)(H,26,32)/t15-/m0/s1. The van der Waals surface area contributed by atoms with Gasteiger partial charge in [0.05, 0.1) is 16.5 Å². The molecule has 8 nitrogen and oxygen atoms in total. The lowest BCUT2D eigenvalue weighted by Crippen LogP contribution is -2.31. The van der Waals surface area contributed by atoms with Crippen LogP contribution in [0, 0.1) is 0 Å². The molecule has 2 aromatic heterocycles. The van der Waals surface area contributed by atoms with E-state index < -0.39 is 11.2 Å². The first kappa shape index (κ1) is 22.9. The summed E-state index contributed by atoms with van der Waals surface area (Å²) < 4.78 is 2.04. The molecule has 10 heteroatoms. The summed E-state index contributed by atoms with van der Waals surface area (Å²) in [7, 11) is 0. The Hall–Kier alpha value is -2.85. The van der Waals surface area contributed by atoms with Crippen LogP contribution in [0.1, 0.15) is 53.4 Å². The van der Waals surface area contributed by atoms with Gasteiger partial charge in [-0.2, -0.15) is 0 Å². The SMILES string of the molecule is C[C@H](Sc1nnc(N2CCCCC2)n1-c1ccccc1)C(=O)Nc1sc2c(c1C(N)=O)CCC2. The van der Waals surface area contributed by atoms with Crippen molar-refractivity contribution in [3.8, 4) is 5.69 Å². The molecule has 3 aromatic rings. The molecule has 0 spiro atoms. The van der Waals surface area contributed by atoms with Crippen LogP contribution in [0.2, 0.25) is 0 Å². The van der Waals surface area contributed by atoms with E-state index in [4.69, 9.17) is 5.73 Å². The Morgan fingerprint density at radius 1 is 1.09 bits per heavy atom. The number of rotatable bonds is 7. The monoisotopic (exact) mass is 496 g/mol. The van der Waals surface area contributed by atoms with Crippen molar-refractivity contribution in [2.45, 2.75) is 55.9 Å². The first-order valence-electron chi connectivity index (χ1n) is 11.7. The Bertz CT molecular complexity index is 1200. The zero-order valence-electron chi connectivity index (χ0n) is 19.1. The number of aryl methyl sites for hydroxylation is 1. The fourth-order valence-corrected chi connectivity index (χ4v) is 6.78. The predicted octanol–water partition coefficient (Wildman–Crippen LogP) is 4.03. The van der Waals surface area contributed by atoms with Gasteiger partial charge in [0.15, 0.2) is 5.16 Å². The van der Waals surface area contributed by atoms with Gasteiger partial charge in [-0.25, -0.2) is 0 Å². The van der Waals surface area contributed by atoms with Crippen LogP contribution in [0.3, 0.4) is 0 Å². The van der Waals surface area contributed by atoms with Crippen LogP contribution < -0.4 is 16.0 Å². The Morgan fingerprint density at radius 2 is 1.85 bits per heavy atom. The van der Waals surface area contributed by atoms with Gasteiger partial charge in [-0.05, 0) is 63.1 Å². The van der Waals surface area contributed by atoms with Crippen LogP contribution in [-0.2, 0) is 17.6 Å². The number of carbonyl (C=O) groups excluding carboxylic acids is 2. The molecule has 0 unspecified atom stereocenters. The zero-order valence-corrected chi connectivity index (χ0v) is 20.8. The number of hydrogen-bond acceptors (Lipinski definition) is 7. The van der Waals surface area contributed by atoms with Crippen molar-refractivity contribution in [3.05, 3.63) is 46.3 Å². The molecule has 0 radical (unpaired) electrons. The van der Waals surface area contributed by atoms with E-state index in [2.05, 4.69) is 20.4 Å². The second kappa shape index (κ2) is 9.79. The van der Waals surface area contributed by atoms with E-state index in [-0.39, 0.29) is 5.91 Å². The average Bonchev–Trinajstić information content (AvgIpc) is 3.54. The minimum absolute atomic E-state index is 0.186. The third-order valence-electron chi connectivity index (χ3n) is 6.33. The molecule has 1 aromatic carbocycles. The van der Waals surface area contributed by atoms with E-state index in [1.807, 2.05) is 41.8 Å². The number of carbonyl (C=O) groups is 2. The van der Waals surface area contributed by atoms with E-state index in [0.29, 0.717) is 15.7 Å². The number of anilines is 2. The largest absolute Gasteiger partial charge is 0.365 e. The molecule has 3 heterocycles. The number of benzene rings is 1. The number of hydrogen-bond donors (Lipinski definition) is 2. The van der Waals surface area contributed by atoms with Crippen molar-refractivity contribution >= 4 is 45.9 Å². The highest BCUT2D eigenvalue weighted by molar-refractivity contribution is 8.00. The minimum Gasteiger partial charge on any atom is -0.365 e. The number of thiophene rings is 1. The average molecular weight is 497 g/mol. The Kier molecular flexibility index (Phi) is 6.60. The van der Waals surface area contributed by atoms with Gasteiger partial charge in [0.2, 0.25) is 11.9 Å². The Morgan fingerprint density at radius 3 is 2.59 bits per heavy atom. The fraction of sp³-hybridized carbons (Fsp3) is 0.417. The van der Waals surface area contributed by atoms with Gasteiger partial charge in [-0.3, -0.25) is 14.2 Å². The maximum Gasteiger partial charge on any atom is 0.251 e. The highest BCUT2D eigenvalue weighted by Crippen LogP contribution is 2.39. The number of aromatic nitrogens is 3. The lowest BCUT2D eigenvalue weighted by molar-refractivity contribution is -0.115. The van der Waals surface area contributed by atoms with Crippen molar-refractivity contribution in [2.75, 3.05) is 23.3 Å². The van der Waals surface area contributed by atoms with Gasteiger partial charge < -0.3 is 16.0 Å². The second-order valence-corrected chi connectivity index (χ2v) is 11.1. The van der Waals surface area contributed by atoms with Gasteiger partial charge >= 0.3 is 0 Å². The van der Waals surface area contributed by atoms with E-state index in [9.17, 15) is 9.59 Å². The summed E-state index contributed by atoms with van der Waals surface area (Å²) >= 11 is 2.83. The molecule has 1 aliphatic carbocycles. The summed E-state index contributed by atoms with van der Waals surface area (Å²) in [6.45, 7) is 3.74. The number of para-hydroxylation sites is 1. The molecule has 2 aliphatic rings. The molecule has 34 heavy (non-hydrogen) atoms. The summed E-state index contributed by atoms with van der Waals surface area (Å²) in [5, 5.41) is 12.7. The first-order valence-corrected chi connectivity index (χ1v) is 13.4. The van der Waals surface area contributed by atoms with Crippen LogP contribution in [0.4, 0.5) is 10.9 Å². The van der Waals surface area contributed by atoms with Crippen molar-refractivity contribution in [2.24, 2.45) is 5.73 Å². The molecule has 2 amide bonds. The van der Waals surface area contributed by atoms with E-state index in [0.717, 1.165) is 67.3 Å². The van der Waals surface area contributed by atoms with Crippen LogP contribution in [0.15, 0.2) is 35.5 Å². The summed E-state index contributed by atoms with van der Waals surface area (Å²) in [5.74, 6) is 0.145. The van der Waals surface area contributed by atoms with Crippen LogP contribution in [-0.4, -0.2) is 44.9 Å². The second-order valence-electron chi connectivity index (χ2n) is 8.68. The number of nitrogens with one attached hydrogen (secondary N) is 1. The predicted molar refractivity (Wildman–Crippen MR) is 136 cm³/mol. The van der Waals surface area contributed by atoms with E-state index in [1.54, 1.807) is 0 Å². The number of amides is 2. The molecule has 5 rings (SSSR count). The number of thioether (sulfide) groups is 1. The number of fused-ring (bicyclic) bond motifs is 1. The maximum atomic E-state index is 13.1. The maximum absolute atomic E-state index is 13.1. The van der Waals surface area contributed by atoms with Crippen molar-refractivity contribution < 1.29 is 9.59 Å². The number of nitrogens with zero attached hydrogens (tertiary/aromatic N) is 4. The third-order valence-corrected chi connectivity index (χ3v) is 8.58. The number of nitrogens with two attached hydrogens (primary N) is 1. The van der Waals surface area contributed by atoms with Gasteiger partial charge in [-0.1, -0.05) is 30.0 Å². The van der Waals surface area contributed by atoms with Crippen LogP contribution in [0.25, 0.3) is 5.69 Å². The van der Waals surface area contributed by atoms with Crippen molar-refractivity contribution in [3.63, 3.8) is 0 Å². The minimum atomic E-state index is -0.481. The first-order chi connectivity index (χ1) is 16.5. The molecule has 0 saturated carbocycles. The molecule has 1 fully saturated rings. The number of piperidine rings is 1. The molecule has 1 aliphatic heterocycles. The van der Waals surface area contributed by atoms with Gasteiger partial charge in [0.1, 0.15) is 5.00 Å². The molecule has 3 N–H and O–H groups in total.